The molecular formula is C11H12. The Labute approximate surface area is 67.2 Å². The van der Waals surface area contributed by atoms with Crippen LogP contribution >= 0.6 is 0 Å². The van der Waals surface area contributed by atoms with Gasteiger partial charge in [-0.25, -0.2) is 0 Å². The van der Waals surface area contributed by atoms with Crippen molar-refractivity contribution >= 4 is 0 Å². The molecule has 2 aliphatic rings. The van der Waals surface area contributed by atoms with Crippen LogP contribution in [0.4, 0.5) is 0 Å². The van der Waals surface area contributed by atoms with Crippen molar-refractivity contribution in [3.8, 4) is 0 Å². The number of aryl methyl sites for hydroxylation is 1. The smallest absolute Gasteiger partial charge is 0.0116 e. The summed E-state index contributed by atoms with van der Waals surface area (Å²) in [6.45, 7) is 0. The van der Waals surface area contributed by atoms with Crippen LogP contribution in [-0.4, -0.2) is 0 Å². The van der Waals surface area contributed by atoms with Gasteiger partial charge in [0.25, 0.3) is 0 Å². The minimum atomic E-state index is 0.954. The quantitative estimate of drug-likeness (QED) is 0.525. The molecule has 1 unspecified atom stereocenters. The van der Waals surface area contributed by atoms with Gasteiger partial charge in [-0.15, -0.1) is 0 Å². The molecule has 0 nitrogen and oxygen atoms in total. The van der Waals surface area contributed by atoms with Crippen molar-refractivity contribution in [1.82, 2.24) is 0 Å². The summed E-state index contributed by atoms with van der Waals surface area (Å²) in [6.07, 6.45) is 5.56. The first kappa shape index (κ1) is 5.82. The van der Waals surface area contributed by atoms with E-state index in [-0.39, 0.29) is 0 Å². The van der Waals surface area contributed by atoms with E-state index in [0.29, 0.717) is 0 Å². The second-order valence-electron chi connectivity index (χ2n) is 3.78. The molecule has 0 aromatic heterocycles. The third kappa shape index (κ3) is 0.649. The maximum Gasteiger partial charge on any atom is -0.0116 e. The van der Waals surface area contributed by atoms with Gasteiger partial charge in [0.05, 0.1) is 0 Å². The normalized spacial score (nSPS) is 25.6. The molecule has 1 aromatic carbocycles. The third-order valence-corrected chi connectivity index (χ3v) is 3.16. The standard InChI is InChI=1S/C11H12/c1-3-8-4-2-6-10-7-9(5-1)11(8)10/h1,3,5,10H,2,4,6-7H2. The zero-order chi connectivity index (χ0) is 7.26. The highest BCUT2D eigenvalue weighted by atomic mass is 14.3. The SMILES string of the molecule is c1cc2c3c(c1)CC3CCC2. The first-order chi connectivity index (χ1) is 5.45. The van der Waals surface area contributed by atoms with Crippen LogP contribution in [-0.2, 0) is 12.8 Å². The molecule has 0 spiro atoms. The van der Waals surface area contributed by atoms with Crippen molar-refractivity contribution in [1.29, 1.82) is 0 Å². The summed E-state index contributed by atoms with van der Waals surface area (Å²) in [5, 5.41) is 0. The van der Waals surface area contributed by atoms with E-state index >= 15 is 0 Å². The highest BCUT2D eigenvalue weighted by Crippen LogP contribution is 2.44. The van der Waals surface area contributed by atoms with Crippen molar-refractivity contribution < 1.29 is 0 Å². The molecule has 3 rings (SSSR count). The Morgan fingerprint density at radius 3 is 3.00 bits per heavy atom. The van der Waals surface area contributed by atoms with Gasteiger partial charge in [0.15, 0.2) is 0 Å². The summed E-state index contributed by atoms with van der Waals surface area (Å²) in [5.74, 6) is 0.954. The van der Waals surface area contributed by atoms with Gasteiger partial charge in [-0.3, -0.25) is 0 Å². The van der Waals surface area contributed by atoms with Gasteiger partial charge in [-0.2, -0.15) is 0 Å². The van der Waals surface area contributed by atoms with E-state index in [2.05, 4.69) is 18.2 Å². The van der Waals surface area contributed by atoms with E-state index in [4.69, 9.17) is 0 Å². The van der Waals surface area contributed by atoms with Crippen LogP contribution in [0.3, 0.4) is 0 Å². The van der Waals surface area contributed by atoms with Gasteiger partial charge < -0.3 is 0 Å². The Kier molecular flexibility index (Phi) is 0.993. The summed E-state index contributed by atoms with van der Waals surface area (Å²) in [7, 11) is 0. The zero-order valence-electron chi connectivity index (χ0n) is 6.64. The summed E-state index contributed by atoms with van der Waals surface area (Å²) in [6, 6.07) is 6.82. The van der Waals surface area contributed by atoms with Gasteiger partial charge >= 0.3 is 0 Å². The lowest BCUT2D eigenvalue weighted by Gasteiger charge is -2.36. The maximum absolute atomic E-state index is 2.31. The van der Waals surface area contributed by atoms with Crippen LogP contribution in [0.2, 0.25) is 0 Å². The molecule has 11 heavy (non-hydrogen) atoms. The van der Waals surface area contributed by atoms with Gasteiger partial charge in [-0.1, -0.05) is 18.2 Å². The summed E-state index contributed by atoms with van der Waals surface area (Å²) >= 11 is 0. The molecule has 0 radical (unpaired) electrons. The van der Waals surface area contributed by atoms with Crippen molar-refractivity contribution in [3.05, 3.63) is 34.9 Å². The molecule has 1 atom stereocenters. The molecular weight excluding hydrogens is 132 g/mol. The predicted molar refractivity (Wildman–Crippen MR) is 45.8 cm³/mol. The summed E-state index contributed by atoms with van der Waals surface area (Å²) < 4.78 is 0. The van der Waals surface area contributed by atoms with Gasteiger partial charge in [0, 0.05) is 0 Å². The van der Waals surface area contributed by atoms with E-state index in [1.165, 1.54) is 25.7 Å². The number of benzene rings is 1. The van der Waals surface area contributed by atoms with Crippen molar-refractivity contribution in [3.63, 3.8) is 0 Å². The van der Waals surface area contributed by atoms with Crippen LogP contribution in [0, 0.1) is 0 Å². The zero-order valence-corrected chi connectivity index (χ0v) is 6.64. The molecule has 0 aliphatic heterocycles. The molecule has 1 aromatic rings. The second kappa shape index (κ2) is 1.88. The van der Waals surface area contributed by atoms with E-state index < -0.39 is 0 Å². The lowest BCUT2D eigenvalue weighted by Crippen LogP contribution is -2.23. The minimum Gasteiger partial charge on any atom is -0.0617 e. The van der Waals surface area contributed by atoms with E-state index in [1.807, 2.05) is 0 Å². The molecule has 0 saturated heterocycles. The lowest BCUT2D eigenvalue weighted by atomic mass is 9.69. The summed E-state index contributed by atoms with van der Waals surface area (Å²) in [4.78, 5) is 0. The van der Waals surface area contributed by atoms with Gasteiger partial charge in [-0.05, 0) is 48.3 Å². The molecule has 0 bridgehead atoms. The highest BCUT2D eigenvalue weighted by molar-refractivity contribution is 5.47. The number of rotatable bonds is 0. The Bertz CT molecular complexity index is 299. The molecule has 0 heteroatoms. The fourth-order valence-corrected chi connectivity index (χ4v) is 2.61. The molecule has 0 fully saturated rings. The van der Waals surface area contributed by atoms with Crippen LogP contribution in [0.15, 0.2) is 18.2 Å². The monoisotopic (exact) mass is 144 g/mol. The van der Waals surface area contributed by atoms with E-state index in [9.17, 15) is 0 Å². The topological polar surface area (TPSA) is 0 Å². The van der Waals surface area contributed by atoms with Crippen molar-refractivity contribution in [2.45, 2.75) is 31.6 Å². The molecule has 0 heterocycles. The molecule has 0 amide bonds. The van der Waals surface area contributed by atoms with Crippen molar-refractivity contribution in [2.75, 3.05) is 0 Å². The van der Waals surface area contributed by atoms with Gasteiger partial charge in [0.1, 0.15) is 0 Å². The van der Waals surface area contributed by atoms with Crippen LogP contribution in [0.25, 0.3) is 0 Å². The van der Waals surface area contributed by atoms with Crippen molar-refractivity contribution in [2.24, 2.45) is 0 Å². The Hall–Kier alpha value is -0.780. The Morgan fingerprint density at radius 2 is 2.09 bits per heavy atom. The second-order valence-corrected chi connectivity index (χ2v) is 3.78. The molecule has 0 saturated carbocycles. The Morgan fingerprint density at radius 1 is 1.18 bits per heavy atom. The number of hydrogen-bond donors (Lipinski definition) is 0. The molecule has 56 valence electrons. The predicted octanol–water partition coefficient (Wildman–Crippen LogP) is 2.66. The van der Waals surface area contributed by atoms with Gasteiger partial charge in [0.2, 0.25) is 0 Å². The van der Waals surface area contributed by atoms with Crippen LogP contribution in [0.5, 0.6) is 0 Å². The summed E-state index contributed by atoms with van der Waals surface area (Å²) in [5.41, 5.74) is 5.00. The van der Waals surface area contributed by atoms with E-state index in [1.54, 1.807) is 16.7 Å². The van der Waals surface area contributed by atoms with Crippen LogP contribution < -0.4 is 0 Å². The highest BCUT2D eigenvalue weighted by Gasteiger charge is 2.30. The fourth-order valence-electron chi connectivity index (χ4n) is 2.61. The third-order valence-electron chi connectivity index (χ3n) is 3.16. The molecule has 2 aliphatic carbocycles. The van der Waals surface area contributed by atoms with Crippen LogP contribution in [0.1, 0.15) is 35.4 Å². The first-order valence-electron chi connectivity index (χ1n) is 4.56. The average Bonchev–Trinajstić information content (AvgIpc) is 2.01. The maximum atomic E-state index is 2.31. The molecule has 0 N–H and O–H groups in total. The Balaban J connectivity index is 2.23. The lowest BCUT2D eigenvalue weighted by molar-refractivity contribution is 0.497. The largest absolute Gasteiger partial charge is 0.0617 e. The number of hydrogen-bond acceptors (Lipinski definition) is 0. The van der Waals surface area contributed by atoms with E-state index in [0.717, 1.165) is 5.92 Å². The first-order valence-corrected chi connectivity index (χ1v) is 4.56. The fraction of sp³-hybridized carbons (Fsp3) is 0.455. The minimum absolute atomic E-state index is 0.954. The average molecular weight is 144 g/mol.